The Balaban J connectivity index is 1.70. The lowest BCUT2D eigenvalue weighted by atomic mass is 9.99. The van der Waals surface area contributed by atoms with E-state index >= 15 is 0 Å². The van der Waals surface area contributed by atoms with Crippen LogP contribution >= 0.6 is 0 Å². The highest BCUT2D eigenvalue weighted by Crippen LogP contribution is 2.29. The van der Waals surface area contributed by atoms with Gasteiger partial charge in [-0.05, 0) is 37.8 Å². The van der Waals surface area contributed by atoms with Gasteiger partial charge in [0.25, 0.3) is 0 Å². The molecule has 1 aromatic carbocycles. The molecule has 3 rings (SSSR count). The minimum atomic E-state index is -0.529. The van der Waals surface area contributed by atoms with Gasteiger partial charge in [-0.15, -0.1) is 0 Å². The molecule has 92 valence electrons. The van der Waals surface area contributed by atoms with Crippen molar-refractivity contribution in [1.82, 2.24) is 5.32 Å². The van der Waals surface area contributed by atoms with E-state index in [1.807, 2.05) is 0 Å². The second kappa shape index (κ2) is 4.26. The Kier molecular flexibility index (Phi) is 2.74. The van der Waals surface area contributed by atoms with Crippen LogP contribution < -0.4 is 10.6 Å². The van der Waals surface area contributed by atoms with Gasteiger partial charge in [-0.25, -0.2) is 8.78 Å². The normalized spacial score (nSPS) is 31.5. The molecule has 2 bridgehead atoms. The van der Waals surface area contributed by atoms with Crippen LogP contribution in [0.15, 0.2) is 18.2 Å². The highest BCUT2D eigenvalue weighted by Gasteiger charge is 2.33. The molecule has 0 aromatic heterocycles. The Morgan fingerprint density at radius 3 is 2.47 bits per heavy atom. The van der Waals surface area contributed by atoms with Crippen LogP contribution in [0.3, 0.4) is 0 Å². The molecular formula is C13H16F2N2. The number of anilines is 1. The van der Waals surface area contributed by atoms with Crippen molar-refractivity contribution < 1.29 is 8.78 Å². The van der Waals surface area contributed by atoms with Gasteiger partial charge in [0.15, 0.2) is 0 Å². The molecule has 2 aliphatic rings. The molecule has 0 spiro atoms. The topological polar surface area (TPSA) is 24.1 Å². The molecule has 2 atom stereocenters. The van der Waals surface area contributed by atoms with Gasteiger partial charge in [0.2, 0.25) is 0 Å². The Labute approximate surface area is 99.4 Å². The minimum Gasteiger partial charge on any atom is -0.380 e. The van der Waals surface area contributed by atoms with Gasteiger partial charge in [0, 0.05) is 24.2 Å². The van der Waals surface area contributed by atoms with Crippen LogP contribution in [0.5, 0.6) is 0 Å². The van der Waals surface area contributed by atoms with Gasteiger partial charge < -0.3 is 10.6 Å². The van der Waals surface area contributed by atoms with Crippen LogP contribution in [0.1, 0.15) is 25.7 Å². The number of halogens is 2. The van der Waals surface area contributed by atoms with Crippen LogP contribution in [0.2, 0.25) is 0 Å². The van der Waals surface area contributed by atoms with Gasteiger partial charge in [-0.2, -0.15) is 0 Å². The first-order valence-electron chi connectivity index (χ1n) is 6.18. The fourth-order valence-corrected chi connectivity index (χ4v) is 3.00. The van der Waals surface area contributed by atoms with Crippen molar-refractivity contribution in [3.8, 4) is 0 Å². The van der Waals surface area contributed by atoms with Crippen LogP contribution in [0.25, 0.3) is 0 Å². The summed E-state index contributed by atoms with van der Waals surface area (Å²) in [5, 5.41) is 6.73. The highest BCUT2D eigenvalue weighted by atomic mass is 19.1. The lowest BCUT2D eigenvalue weighted by molar-refractivity contribution is 0.377. The van der Waals surface area contributed by atoms with Crippen molar-refractivity contribution >= 4 is 5.69 Å². The lowest BCUT2D eigenvalue weighted by Crippen LogP contribution is -2.43. The number of rotatable bonds is 2. The quantitative estimate of drug-likeness (QED) is 0.827. The standard InChI is InChI=1S/C13H16F2N2/c14-8-1-4-13(12(15)5-8)17-11-6-9-2-3-10(7-11)16-9/h1,4-5,9-11,16-17H,2-3,6-7H2. The SMILES string of the molecule is Fc1ccc(NC2CC3CCC(C2)N3)c(F)c1. The van der Waals surface area contributed by atoms with E-state index in [-0.39, 0.29) is 0 Å². The van der Waals surface area contributed by atoms with E-state index in [1.165, 1.54) is 25.0 Å². The molecule has 2 saturated heterocycles. The van der Waals surface area contributed by atoms with Gasteiger partial charge in [0.05, 0.1) is 5.69 Å². The summed E-state index contributed by atoms with van der Waals surface area (Å²) in [7, 11) is 0. The first-order valence-corrected chi connectivity index (χ1v) is 6.18. The molecule has 2 N–H and O–H groups in total. The molecule has 2 unspecified atom stereocenters. The third kappa shape index (κ3) is 2.27. The van der Waals surface area contributed by atoms with E-state index in [0.717, 1.165) is 18.9 Å². The molecule has 4 heteroatoms. The number of hydrogen-bond donors (Lipinski definition) is 2. The maximum absolute atomic E-state index is 13.5. The maximum Gasteiger partial charge on any atom is 0.149 e. The summed E-state index contributed by atoms with van der Waals surface area (Å²) in [6.45, 7) is 0. The Morgan fingerprint density at radius 1 is 1.12 bits per heavy atom. The molecule has 2 heterocycles. The largest absolute Gasteiger partial charge is 0.380 e. The number of nitrogens with one attached hydrogen (secondary N) is 2. The zero-order valence-corrected chi connectivity index (χ0v) is 9.55. The van der Waals surface area contributed by atoms with Gasteiger partial charge in [-0.1, -0.05) is 0 Å². The first kappa shape index (κ1) is 11.0. The maximum atomic E-state index is 13.5. The number of hydrogen-bond acceptors (Lipinski definition) is 2. The molecule has 0 saturated carbocycles. The fraction of sp³-hybridized carbons (Fsp3) is 0.538. The monoisotopic (exact) mass is 238 g/mol. The van der Waals surface area contributed by atoms with Gasteiger partial charge in [-0.3, -0.25) is 0 Å². The van der Waals surface area contributed by atoms with Crippen molar-refractivity contribution in [3.05, 3.63) is 29.8 Å². The summed E-state index contributed by atoms with van der Waals surface area (Å²) < 4.78 is 26.3. The van der Waals surface area contributed by atoms with Crippen molar-refractivity contribution in [2.24, 2.45) is 0 Å². The van der Waals surface area contributed by atoms with E-state index < -0.39 is 11.6 Å². The molecule has 2 nitrogen and oxygen atoms in total. The predicted octanol–water partition coefficient (Wildman–Crippen LogP) is 2.66. The summed E-state index contributed by atoms with van der Waals surface area (Å²) in [4.78, 5) is 0. The van der Waals surface area contributed by atoms with Gasteiger partial charge >= 0.3 is 0 Å². The average Bonchev–Trinajstić information content (AvgIpc) is 2.62. The Morgan fingerprint density at radius 2 is 1.82 bits per heavy atom. The Hall–Kier alpha value is -1.16. The first-order chi connectivity index (χ1) is 8.20. The molecule has 0 aliphatic carbocycles. The second-order valence-corrected chi connectivity index (χ2v) is 5.07. The van der Waals surface area contributed by atoms with Crippen molar-refractivity contribution in [3.63, 3.8) is 0 Å². The summed E-state index contributed by atoms with van der Waals surface area (Å²) in [6, 6.07) is 5.13. The zero-order valence-electron chi connectivity index (χ0n) is 9.55. The molecule has 0 radical (unpaired) electrons. The van der Waals surface area contributed by atoms with Crippen molar-refractivity contribution in [2.45, 2.75) is 43.8 Å². The van der Waals surface area contributed by atoms with Crippen molar-refractivity contribution in [1.29, 1.82) is 0 Å². The molecule has 0 amide bonds. The minimum absolute atomic E-state index is 0.300. The number of piperidine rings is 1. The van der Waals surface area contributed by atoms with E-state index in [0.29, 0.717) is 23.8 Å². The summed E-state index contributed by atoms with van der Waals surface area (Å²) >= 11 is 0. The highest BCUT2D eigenvalue weighted by molar-refractivity contribution is 5.45. The summed E-state index contributed by atoms with van der Waals surface area (Å²) in [5.41, 5.74) is 0.415. The molecule has 2 fully saturated rings. The third-order valence-electron chi connectivity index (χ3n) is 3.76. The number of fused-ring (bicyclic) bond motifs is 2. The molecular weight excluding hydrogens is 222 g/mol. The Bertz CT molecular complexity index is 410. The van der Waals surface area contributed by atoms with E-state index in [2.05, 4.69) is 10.6 Å². The summed E-state index contributed by atoms with van der Waals surface area (Å²) in [5.74, 6) is -1.03. The molecule has 17 heavy (non-hydrogen) atoms. The smallest absolute Gasteiger partial charge is 0.149 e. The number of benzene rings is 1. The fourth-order valence-electron chi connectivity index (χ4n) is 3.00. The molecule has 2 aliphatic heterocycles. The van der Waals surface area contributed by atoms with E-state index in [9.17, 15) is 8.78 Å². The molecule has 1 aromatic rings. The third-order valence-corrected chi connectivity index (χ3v) is 3.76. The van der Waals surface area contributed by atoms with Crippen LogP contribution in [0, 0.1) is 11.6 Å². The van der Waals surface area contributed by atoms with Crippen LogP contribution in [-0.4, -0.2) is 18.1 Å². The summed E-state index contributed by atoms with van der Waals surface area (Å²) in [6.07, 6.45) is 4.48. The lowest BCUT2D eigenvalue weighted by Gasteiger charge is -2.30. The van der Waals surface area contributed by atoms with Crippen molar-refractivity contribution in [2.75, 3.05) is 5.32 Å². The van der Waals surface area contributed by atoms with Crippen LogP contribution in [-0.2, 0) is 0 Å². The van der Waals surface area contributed by atoms with Gasteiger partial charge in [0.1, 0.15) is 11.6 Å². The van der Waals surface area contributed by atoms with Crippen LogP contribution in [0.4, 0.5) is 14.5 Å². The van der Waals surface area contributed by atoms with E-state index in [4.69, 9.17) is 0 Å². The van der Waals surface area contributed by atoms with E-state index in [1.54, 1.807) is 0 Å². The average molecular weight is 238 g/mol. The second-order valence-electron chi connectivity index (χ2n) is 5.07. The predicted molar refractivity (Wildman–Crippen MR) is 62.9 cm³/mol. The zero-order chi connectivity index (χ0) is 11.8.